The van der Waals surface area contributed by atoms with E-state index in [1.165, 1.54) is 16.7 Å². The zero-order valence-corrected chi connectivity index (χ0v) is 17.9. The summed E-state index contributed by atoms with van der Waals surface area (Å²) in [7, 11) is 5.19. The number of hydrogen-bond donors (Lipinski definition) is 2. The van der Waals surface area contributed by atoms with E-state index in [4.69, 9.17) is 9.47 Å². The highest BCUT2D eigenvalue weighted by Crippen LogP contribution is 2.24. The van der Waals surface area contributed by atoms with E-state index in [9.17, 15) is 0 Å². The van der Waals surface area contributed by atoms with Gasteiger partial charge in [0.2, 0.25) is 0 Å². The number of nitrogens with one attached hydrogen (secondary N) is 2. The number of ether oxygens (including phenoxy) is 2. The molecule has 1 aliphatic rings. The third kappa shape index (κ3) is 5.87. The molecule has 0 radical (unpaired) electrons. The van der Waals surface area contributed by atoms with E-state index < -0.39 is 0 Å². The Labute approximate surface area is 173 Å². The van der Waals surface area contributed by atoms with Gasteiger partial charge in [0.1, 0.15) is 11.5 Å². The Hall–Kier alpha value is -2.73. The minimum atomic E-state index is 0.380. The van der Waals surface area contributed by atoms with Crippen LogP contribution in [0.4, 0.5) is 0 Å². The minimum absolute atomic E-state index is 0.380. The third-order valence-corrected chi connectivity index (χ3v) is 5.36. The van der Waals surface area contributed by atoms with Crippen molar-refractivity contribution in [2.24, 2.45) is 4.99 Å². The number of methoxy groups -OCH3 is 2. The summed E-state index contributed by atoms with van der Waals surface area (Å²) in [6.07, 6.45) is 1.09. The average Bonchev–Trinajstić information content (AvgIpc) is 3.18. The number of hydrogen-bond acceptors (Lipinski definition) is 4. The van der Waals surface area contributed by atoms with Crippen LogP contribution in [0.1, 0.15) is 23.1 Å². The van der Waals surface area contributed by atoms with Crippen LogP contribution in [0.15, 0.2) is 47.5 Å². The van der Waals surface area contributed by atoms with Crippen molar-refractivity contribution in [3.8, 4) is 11.5 Å². The summed E-state index contributed by atoms with van der Waals surface area (Å²) in [5.41, 5.74) is 3.77. The lowest BCUT2D eigenvalue weighted by Crippen LogP contribution is -2.44. The zero-order chi connectivity index (χ0) is 20.6. The van der Waals surface area contributed by atoms with Gasteiger partial charge >= 0.3 is 0 Å². The molecule has 2 aromatic carbocycles. The predicted molar refractivity (Wildman–Crippen MR) is 118 cm³/mol. The molecule has 1 fully saturated rings. The molecule has 0 aromatic heterocycles. The van der Waals surface area contributed by atoms with Gasteiger partial charge in [0.25, 0.3) is 0 Å². The molecule has 0 spiro atoms. The molecule has 0 saturated carbocycles. The van der Waals surface area contributed by atoms with Gasteiger partial charge in [0, 0.05) is 45.3 Å². The molecule has 0 aliphatic carbocycles. The summed E-state index contributed by atoms with van der Waals surface area (Å²) in [6.45, 7) is 5.81. The molecular weight excluding hydrogens is 364 g/mol. The fourth-order valence-corrected chi connectivity index (χ4v) is 3.69. The standard InChI is InChI=1S/C23H32N4O2/c1-17-7-5-6-8-19(17)14-25-23(24-2)26-20-9-10-27(16-20)15-18-11-21(28-3)13-22(12-18)29-4/h5-8,11-13,20H,9-10,14-16H2,1-4H3,(H2,24,25,26). The number of likely N-dealkylation sites (tertiary alicyclic amines) is 1. The molecule has 2 aromatic rings. The van der Waals surface area contributed by atoms with Gasteiger partial charge < -0.3 is 20.1 Å². The quantitative estimate of drug-likeness (QED) is 0.557. The van der Waals surface area contributed by atoms with E-state index in [0.717, 1.165) is 50.1 Å². The van der Waals surface area contributed by atoms with E-state index in [1.54, 1.807) is 14.2 Å². The summed E-state index contributed by atoms with van der Waals surface area (Å²) >= 11 is 0. The molecule has 0 bridgehead atoms. The summed E-state index contributed by atoms with van der Waals surface area (Å²) in [5, 5.41) is 7.00. The van der Waals surface area contributed by atoms with Gasteiger partial charge in [-0.25, -0.2) is 0 Å². The van der Waals surface area contributed by atoms with E-state index in [1.807, 2.05) is 13.1 Å². The SMILES string of the molecule is CN=C(NCc1ccccc1C)NC1CCN(Cc2cc(OC)cc(OC)c2)C1. The van der Waals surface area contributed by atoms with E-state index >= 15 is 0 Å². The summed E-state index contributed by atoms with van der Waals surface area (Å²) in [5.74, 6) is 2.51. The van der Waals surface area contributed by atoms with Crippen LogP contribution in [0, 0.1) is 6.92 Å². The minimum Gasteiger partial charge on any atom is -0.497 e. The van der Waals surface area contributed by atoms with Crippen molar-refractivity contribution in [2.45, 2.75) is 32.5 Å². The molecule has 1 unspecified atom stereocenters. The van der Waals surface area contributed by atoms with Crippen LogP contribution in [0.3, 0.4) is 0 Å². The van der Waals surface area contributed by atoms with Gasteiger partial charge in [-0.3, -0.25) is 9.89 Å². The molecular formula is C23H32N4O2. The van der Waals surface area contributed by atoms with Gasteiger partial charge in [-0.05, 0) is 42.2 Å². The second-order valence-electron chi connectivity index (χ2n) is 7.44. The fourth-order valence-electron chi connectivity index (χ4n) is 3.69. The lowest BCUT2D eigenvalue weighted by atomic mass is 10.1. The molecule has 1 atom stereocenters. The van der Waals surface area contributed by atoms with Crippen LogP contribution in [-0.2, 0) is 13.1 Å². The maximum Gasteiger partial charge on any atom is 0.191 e. The van der Waals surface area contributed by atoms with Crippen molar-refractivity contribution in [3.05, 3.63) is 59.2 Å². The van der Waals surface area contributed by atoms with Crippen molar-refractivity contribution in [3.63, 3.8) is 0 Å². The Bertz CT molecular complexity index is 815. The molecule has 6 heteroatoms. The van der Waals surface area contributed by atoms with Crippen LogP contribution < -0.4 is 20.1 Å². The first-order chi connectivity index (χ1) is 14.1. The molecule has 29 heavy (non-hydrogen) atoms. The highest BCUT2D eigenvalue weighted by atomic mass is 16.5. The Balaban J connectivity index is 1.52. The predicted octanol–water partition coefficient (Wildman–Crippen LogP) is 2.95. The first-order valence-corrected chi connectivity index (χ1v) is 10.1. The molecule has 2 N–H and O–H groups in total. The Morgan fingerprint density at radius 3 is 2.52 bits per heavy atom. The van der Waals surface area contributed by atoms with Crippen molar-refractivity contribution >= 4 is 5.96 Å². The normalized spacial score (nSPS) is 17.2. The molecule has 1 heterocycles. The van der Waals surface area contributed by atoms with Crippen molar-refractivity contribution in [2.75, 3.05) is 34.4 Å². The Morgan fingerprint density at radius 2 is 1.86 bits per heavy atom. The first kappa shape index (κ1) is 21.0. The molecule has 1 aliphatic heterocycles. The second kappa shape index (κ2) is 10.2. The maximum atomic E-state index is 5.39. The number of aliphatic imine (C=N–C) groups is 1. The molecule has 6 nitrogen and oxygen atoms in total. The molecule has 156 valence electrons. The van der Waals surface area contributed by atoms with Gasteiger partial charge in [-0.15, -0.1) is 0 Å². The van der Waals surface area contributed by atoms with Crippen molar-refractivity contribution in [1.82, 2.24) is 15.5 Å². The smallest absolute Gasteiger partial charge is 0.191 e. The lowest BCUT2D eigenvalue weighted by molar-refractivity contribution is 0.321. The monoisotopic (exact) mass is 396 g/mol. The van der Waals surface area contributed by atoms with Crippen LogP contribution in [-0.4, -0.2) is 51.3 Å². The molecule has 3 rings (SSSR count). The van der Waals surface area contributed by atoms with Crippen molar-refractivity contribution in [1.29, 1.82) is 0 Å². The number of benzene rings is 2. The highest BCUT2D eigenvalue weighted by Gasteiger charge is 2.23. The van der Waals surface area contributed by atoms with Crippen LogP contribution in [0.25, 0.3) is 0 Å². The molecule has 1 saturated heterocycles. The van der Waals surface area contributed by atoms with Gasteiger partial charge in [-0.1, -0.05) is 24.3 Å². The lowest BCUT2D eigenvalue weighted by Gasteiger charge is -2.20. The van der Waals surface area contributed by atoms with E-state index in [0.29, 0.717) is 6.04 Å². The second-order valence-corrected chi connectivity index (χ2v) is 7.44. The zero-order valence-electron chi connectivity index (χ0n) is 17.9. The number of aryl methyl sites for hydroxylation is 1. The van der Waals surface area contributed by atoms with Crippen LogP contribution in [0.2, 0.25) is 0 Å². The van der Waals surface area contributed by atoms with Gasteiger partial charge in [0.15, 0.2) is 5.96 Å². The number of nitrogens with zero attached hydrogens (tertiary/aromatic N) is 2. The van der Waals surface area contributed by atoms with E-state index in [-0.39, 0.29) is 0 Å². The molecule has 0 amide bonds. The summed E-state index contributed by atoms with van der Waals surface area (Å²) < 4.78 is 10.8. The van der Waals surface area contributed by atoms with Gasteiger partial charge in [-0.2, -0.15) is 0 Å². The van der Waals surface area contributed by atoms with Gasteiger partial charge in [0.05, 0.1) is 14.2 Å². The van der Waals surface area contributed by atoms with E-state index in [2.05, 4.69) is 63.8 Å². The van der Waals surface area contributed by atoms with Crippen LogP contribution >= 0.6 is 0 Å². The topological polar surface area (TPSA) is 58.1 Å². The highest BCUT2D eigenvalue weighted by molar-refractivity contribution is 5.80. The Kier molecular flexibility index (Phi) is 7.36. The third-order valence-electron chi connectivity index (χ3n) is 5.36. The van der Waals surface area contributed by atoms with Crippen LogP contribution in [0.5, 0.6) is 11.5 Å². The summed E-state index contributed by atoms with van der Waals surface area (Å²) in [6, 6.07) is 14.9. The average molecular weight is 397 g/mol. The maximum absolute atomic E-state index is 5.39. The summed E-state index contributed by atoms with van der Waals surface area (Å²) in [4.78, 5) is 6.84. The fraction of sp³-hybridized carbons (Fsp3) is 0.435. The number of rotatable bonds is 7. The first-order valence-electron chi connectivity index (χ1n) is 10.1. The largest absolute Gasteiger partial charge is 0.497 e. The number of guanidine groups is 1. The van der Waals surface area contributed by atoms with Crippen molar-refractivity contribution < 1.29 is 9.47 Å². The Morgan fingerprint density at radius 1 is 1.14 bits per heavy atom.